The number of aryl methyl sites for hydroxylation is 2. The number of hydrogen-bond donors (Lipinski definition) is 1. The maximum Gasteiger partial charge on any atom is 0.252 e. The van der Waals surface area contributed by atoms with Crippen molar-refractivity contribution in [1.82, 2.24) is 5.32 Å². The SMILES string of the molecule is Cc1cccc2c1-c1c(C)cccc1C(=O)NC2. The van der Waals surface area contributed by atoms with Crippen LogP contribution in [0.2, 0.25) is 0 Å². The van der Waals surface area contributed by atoms with Crippen molar-refractivity contribution < 1.29 is 4.79 Å². The van der Waals surface area contributed by atoms with Gasteiger partial charge in [-0.15, -0.1) is 0 Å². The summed E-state index contributed by atoms with van der Waals surface area (Å²) in [5.41, 5.74) is 6.64. The molecule has 2 aromatic carbocycles. The number of nitrogens with one attached hydrogen (secondary N) is 1. The van der Waals surface area contributed by atoms with Crippen LogP contribution in [0.3, 0.4) is 0 Å². The molecule has 3 rings (SSSR count). The van der Waals surface area contributed by atoms with Gasteiger partial charge >= 0.3 is 0 Å². The Morgan fingerprint density at radius 2 is 1.61 bits per heavy atom. The topological polar surface area (TPSA) is 29.1 Å². The largest absolute Gasteiger partial charge is 0.348 e. The third-order valence-corrected chi connectivity index (χ3v) is 3.57. The Kier molecular flexibility index (Phi) is 2.44. The lowest BCUT2D eigenvalue weighted by atomic mass is 9.89. The van der Waals surface area contributed by atoms with Gasteiger partial charge < -0.3 is 5.32 Å². The molecule has 2 nitrogen and oxygen atoms in total. The van der Waals surface area contributed by atoms with Crippen molar-refractivity contribution in [2.75, 3.05) is 0 Å². The second kappa shape index (κ2) is 3.98. The Labute approximate surface area is 107 Å². The highest BCUT2D eigenvalue weighted by Crippen LogP contribution is 2.34. The van der Waals surface area contributed by atoms with Crippen LogP contribution in [-0.2, 0) is 6.54 Å². The van der Waals surface area contributed by atoms with Gasteiger partial charge in [0.05, 0.1) is 0 Å². The molecule has 0 aliphatic carbocycles. The Morgan fingerprint density at radius 1 is 0.944 bits per heavy atom. The molecule has 0 unspecified atom stereocenters. The molecule has 0 aromatic heterocycles. The van der Waals surface area contributed by atoms with E-state index in [1.807, 2.05) is 18.2 Å². The fourth-order valence-corrected chi connectivity index (χ4v) is 2.69. The highest BCUT2D eigenvalue weighted by Gasteiger charge is 2.21. The van der Waals surface area contributed by atoms with Gasteiger partial charge in [0, 0.05) is 12.1 Å². The van der Waals surface area contributed by atoms with Crippen LogP contribution >= 0.6 is 0 Å². The number of hydrogen-bond acceptors (Lipinski definition) is 1. The van der Waals surface area contributed by atoms with E-state index >= 15 is 0 Å². The summed E-state index contributed by atoms with van der Waals surface area (Å²) in [4.78, 5) is 12.1. The van der Waals surface area contributed by atoms with Crippen LogP contribution in [0.25, 0.3) is 11.1 Å². The van der Waals surface area contributed by atoms with E-state index in [9.17, 15) is 4.79 Å². The molecule has 1 N–H and O–H groups in total. The first kappa shape index (κ1) is 11.0. The molecular formula is C16H15NO. The van der Waals surface area contributed by atoms with Gasteiger partial charge in [-0.1, -0.05) is 30.3 Å². The first-order chi connectivity index (χ1) is 8.68. The summed E-state index contributed by atoms with van der Waals surface area (Å²) < 4.78 is 0. The second-order valence-corrected chi connectivity index (χ2v) is 4.79. The summed E-state index contributed by atoms with van der Waals surface area (Å²) in [6.45, 7) is 4.77. The van der Waals surface area contributed by atoms with E-state index in [0.717, 1.165) is 16.7 Å². The molecule has 18 heavy (non-hydrogen) atoms. The first-order valence-corrected chi connectivity index (χ1v) is 6.15. The average Bonchev–Trinajstić information content (AvgIpc) is 2.50. The monoisotopic (exact) mass is 237 g/mol. The minimum Gasteiger partial charge on any atom is -0.348 e. The molecule has 0 saturated carbocycles. The number of carbonyl (C=O) groups is 1. The van der Waals surface area contributed by atoms with Crippen molar-refractivity contribution in [3.05, 3.63) is 58.7 Å². The zero-order chi connectivity index (χ0) is 12.7. The number of fused-ring (bicyclic) bond motifs is 3. The van der Waals surface area contributed by atoms with Crippen LogP contribution in [0.1, 0.15) is 27.0 Å². The normalized spacial score (nSPS) is 13.3. The van der Waals surface area contributed by atoms with Crippen LogP contribution in [0.4, 0.5) is 0 Å². The van der Waals surface area contributed by atoms with Crippen molar-refractivity contribution in [1.29, 1.82) is 0 Å². The Hall–Kier alpha value is -2.09. The Morgan fingerprint density at radius 3 is 2.39 bits per heavy atom. The molecule has 0 saturated heterocycles. The fraction of sp³-hybridized carbons (Fsp3) is 0.188. The summed E-state index contributed by atoms with van der Waals surface area (Å²) in [6.07, 6.45) is 0. The van der Waals surface area contributed by atoms with Crippen LogP contribution in [0.5, 0.6) is 0 Å². The summed E-state index contributed by atoms with van der Waals surface area (Å²) in [7, 11) is 0. The molecule has 1 heterocycles. The molecule has 0 spiro atoms. The zero-order valence-corrected chi connectivity index (χ0v) is 10.6. The molecule has 1 aliphatic heterocycles. The number of rotatable bonds is 0. The van der Waals surface area contributed by atoms with E-state index in [2.05, 4.69) is 37.4 Å². The lowest BCUT2D eigenvalue weighted by molar-refractivity contribution is 0.0952. The van der Waals surface area contributed by atoms with E-state index in [0.29, 0.717) is 6.54 Å². The van der Waals surface area contributed by atoms with Gasteiger partial charge in [0.1, 0.15) is 0 Å². The second-order valence-electron chi connectivity index (χ2n) is 4.79. The van der Waals surface area contributed by atoms with Crippen molar-refractivity contribution in [2.24, 2.45) is 0 Å². The van der Waals surface area contributed by atoms with E-state index < -0.39 is 0 Å². The van der Waals surface area contributed by atoms with Crippen molar-refractivity contribution in [2.45, 2.75) is 20.4 Å². The van der Waals surface area contributed by atoms with Gasteiger partial charge in [-0.3, -0.25) is 4.79 Å². The van der Waals surface area contributed by atoms with Gasteiger partial charge in [0.2, 0.25) is 0 Å². The number of benzene rings is 2. The molecule has 0 fully saturated rings. The van der Waals surface area contributed by atoms with Gasteiger partial charge in [0.25, 0.3) is 5.91 Å². The molecule has 0 atom stereocenters. The Bertz CT molecular complexity index is 644. The fourth-order valence-electron chi connectivity index (χ4n) is 2.69. The maximum absolute atomic E-state index is 12.1. The van der Waals surface area contributed by atoms with E-state index in [-0.39, 0.29) is 5.91 Å². The van der Waals surface area contributed by atoms with Crippen LogP contribution < -0.4 is 5.32 Å². The first-order valence-electron chi connectivity index (χ1n) is 6.15. The maximum atomic E-state index is 12.1. The molecule has 1 aliphatic rings. The molecule has 1 amide bonds. The predicted molar refractivity (Wildman–Crippen MR) is 72.5 cm³/mol. The third-order valence-electron chi connectivity index (χ3n) is 3.57. The highest BCUT2D eigenvalue weighted by atomic mass is 16.1. The smallest absolute Gasteiger partial charge is 0.252 e. The van der Waals surface area contributed by atoms with Crippen molar-refractivity contribution in [3.63, 3.8) is 0 Å². The van der Waals surface area contributed by atoms with Crippen LogP contribution in [0.15, 0.2) is 36.4 Å². The van der Waals surface area contributed by atoms with Gasteiger partial charge in [0.15, 0.2) is 0 Å². The molecule has 90 valence electrons. The number of carbonyl (C=O) groups excluding carboxylic acids is 1. The van der Waals surface area contributed by atoms with Gasteiger partial charge in [-0.05, 0) is 47.7 Å². The lowest BCUT2D eigenvalue weighted by Gasteiger charge is -2.13. The van der Waals surface area contributed by atoms with E-state index in [1.54, 1.807) is 0 Å². The molecular weight excluding hydrogens is 222 g/mol. The minimum absolute atomic E-state index is 0.0179. The summed E-state index contributed by atoms with van der Waals surface area (Å²) >= 11 is 0. The molecule has 0 bridgehead atoms. The van der Waals surface area contributed by atoms with Crippen molar-refractivity contribution in [3.8, 4) is 11.1 Å². The van der Waals surface area contributed by atoms with Crippen LogP contribution in [0, 0.1) is 13.8 Å². The molecule has 2 heteroatoms. The zero-order valence-electron chi connectivity index (χ0n) is 10.6. The minimum atomic E-state index is 0.0179. The summed E-state index contributed by atoms with van der Waals surface area (Å²) in [5, 5.41) is 2.97. The highest BCUT2D eigenvalue weighted by molar-refractivity contribution is 6.03. The van der Waals surface area contributed by atoms with Crippen molar-refractivity contribution >= 4 is 5.91 Å². The predicted octanol–water partition coefficient (Wildman–Crippen LogP) is 3.21. The van der Waals surface area contributed by atoms with Gasteiger partial charge in [-0.25, -0.2) is 0 Å². The van der Waals surface area contributed by atoms with E-state index in [4.69, 9.17) is 0 Å². The summed E-state index contributed by atoms with van der Waals surface area (Å²) in [5.74, 6) is 0.0179. The van der Waals surface area contributed by atoms with Gasteiger partial charge in [-0.2, -0.15) is 0 Å². The van der Waals surface area contributed by atoms with E-state index in [1.165, 1.54) is 16.7 Å². The number of amides is 1. The molecule has 2 aromatic rings. The quantitative estimate of drug-likeness (QED) is 0.749. The Balaban J connectivity index is 2.42. The standard InChI is InChI=1S/C16H15NO/c1-10-5-3-7-12-9-17-16(18)13-8-4-6-11(2)15(13)14(10)12/h3-8H,9H2,1-2H3,(H,17,18). The summed E-state index contributed by atoms with van der Waals surface area (Å²) in [6, 6.07) is 12.1. The third kappa shape index (κ3) is 1.53. The average molecular weight is 237 g/mol. The van der Waals surface area contributed by atoms with Crippen LogP contribution in [-0.4, -0.2) is 5.91 Å². The molecule has 0 radical (unpaired) electrons. The lowest BCUT2D eigenvalue weighted by Crippen LogP contribution is -2.21.